The average Bonchev–Trinajstić information content (AvgIpc) is 2.33. The maximum absolute atomic E-state index is 10.4. The summed E-state index contributed by atoms with van der Waals surface area (Å²) < 4.78 is 5.85. The molecule has 1 aliphatic rings. The van der Waals surface area contributed by atoms with E-state index in [0.29, 0.717) is 18.4 Å². The van der Waals surface area contributed by atoms with E-state index in [1.165, 1.54) is 0 Å². The molecule has 1 fully saturated rings. The molecule has 0 spiro atoms. The molecule has 1 saturated heterocycles. The zero-order valence-corrected chi connectivity index (χ0v) is 11.7. The van der Waals surface area contributed by atoms with Gasteiger partial charge in [-0.1, -0.05) is 13.8 Å². The highest BCUT2D eigenvalue weighted by Gasteiger charge is 2.19. The van der Waals surface area contributed by atoms with Gasteiger partial charge in [0.2, 0.25) is 0 Å². The summed E-state index contributed by atoms with van der Waals surface area (Å²) in [6.07, 6.45) is 4.75. The second kappa shape index (κ2) is 8.48. The fourth-order valence-corrected chi connectivity index (χ4v) is 2.24. The van der Waals surface area contributed by atoms with E-state index in [1.54, 1.807) is 0 Å². The van der Waals surface area contributed by atoms with Gasteiger partial charge in [-0.25, -0.2) is 0 Å². The third-order valence-corrected chi connectivity index (χ3v) is 3.31. The number of aliphatic carboxylic acids is 1. The first kappa shape index (κ1) is 15.4. The van der Waals surface area contributed by atoms with E-state index in [1.807, 2.05) is 0 Å². The molecular formula is C14H27NO3. The van der Waals surface area contributed by atoms with Gasteiger partial charge in [-0.15, -0.1) is 0 Å². The number of nitrogens with zero attached hydrogens (tertiary/aromatic N) is 1. The number of unbranched alkanes of at least 4 members (excludes halogenated alkanes) is 1. The van der Waals surface area contributed by atoms with Crippen LogP contribution in [0.15, 0.2) is 0 Å². The van der Waals surface area contributed by atoms with E-state index in [-0.39, 0.29) is 0 Å². The van der Waals surface area contributed by atoms with Crippen molar-refractivity contribution in [3.05, 3.63) is 0 Å². The van der Waals surface area contributed by atoms with Gasteiger partial charge in [0.1, 0.15) is 0 Å². The van der Waals surface area contributed by atoms with Gasteiger partial charge in [0.25, 0.3) is 0 Å². The Hall–Kier alpha value is -0.610. The van der Waals surface area contributed by atoms with E-state index in [2.05, 4.69) is 18.7 Å². The molecule has 1 aliphatic heterocycles. The van der Waals surface area contributed by atoms with Crippen molar-refractivity contribution in [3.8, 4) is 0 Å². The summed E-state index contributed by atoms with van der Waals surface area (Å²) in [5.41, 5.74) is 0. The minimum atomic E-state index is -0.684. The number of rotatable bonds is 8. The summed E-state index contributed by atoms with van der Waals surface area (Å²) in [6, 6.07) is 0. The molecule has 0 bridgehead atoms. The van der Waals surface area contributed by atoms with E-state index in [9.17, 15) is 4.79 Å². The van der Waals surface area contributed by atoms with Crippen molar-refractivity contribution in [2.75, 3.05) is 26.2 Å². The van der Waals surface area contributed by atoms with Crippen molar-refractivity contribution in [1.82, 2.24) is 4.90 Å². The molecule has 106 valence electrons. The van der Waals surface area contributed by atoms with E-state index >= 15 is 0 Å². The molecule has 0 amide bonds. The lowest BCUT2D eigenvalue weighted by atomic mass is 10.1. The zero-order chi connectivity index (χ0) is 13.4. The smallest absolute Gasteiger partial charge is 0.303 e. The van der Waals surface area contributed by atoms with Crippen molar-refractivity contribution in [2.45, 2.75) is 52.1 Å². The molecule has 0 radical (unpaired) electrons. The predicted molar refractivity (Wildman–Crippen MR) is 71.7 cm³/mol. The summed E-state index contributed by atoms with van der Waals surface area (Å²) in [5, 5.41) is 8.56. The Kier molecular flexibility index (Phi) is 7.28. The molecule has 4 nitrogen and oxygen atoms in total. The SMILES string of the molecule is CC(C)COC1CCN(CCCCC(=O)O)CC1. The van der Waals surface area contributed by atoms with Crippen molar-refractivity contribution in [1.29, 1.82) is 0 Å². The topological polar surface area (TPSA) is 49.8 Å². The largest absolute Gasteiger partial charge is 0.481 e. The average molecular weight is 257 g/mol. The van der Waals surface area contributed by atoms with Gasteiger partial charge in [-0.3, -0.25) is 4.79 Å². The van der Waals surface area contributed by atoms with Crippen LogP contribution in [0.1, 0.15) is 46.0 Å². The Morgan fingerprint density at radius 3 is 2.56 bits per heavy atom. The van der Waals surface area contributed by atoms with Gasteiger partial charge in [-0.05, 0) is 38.1 Å². The van der Waals surface area contributed by atoms with Gasteiger partial charge >= 0.3 is 5.97 Å². The highest BCUT2D eigenvalue weighted by atomic mass is 16.5. The minimum Gasteiger partial charge on any atom is -0.481 e. The Morgan fingerprint density at radius 1 is 1.33 bits per heavy atom. The Bertz CT molecular complexity index is 235. The summed E-state index contributed by atoms with van der Waals surface area (Å²) >= 11 is 0. The molecule has 0 saturated carbocycles. The molecule has 0 aromatic heterocycles. The van der Waals surface area contributed by atoms with Crippen molar-refractivity contribution in [2.24, 2.45) is 5.92 Å². The van der Waals surface area contributed by atoms with Gasteiger partial charge < -0.3 is 14.7 Å². The molecule has 0 aromatic rings. The lowest BCUT2D eigenvalue weighted by molar-refractivity contribution is -0.137. The van der Waals surface area contributed by atoms with Crippen molar-refractivity contribution < 1.29 is 14.6 Å². The number of hydrogen-bond donors (Lipinski definition) is 1. The standard InChI is InChI=1S/C14H27NO3/c1-12(2)11-18-13-6-9-15(10-7-13)8-4-3-5-14(16)17/h12-13H,3-11H2,1-2H3,(H,16,17). The first-order valence-corrected chi connectivity index (χ1v) is 7.13. The molecule has 1 rings (SSSR count). The van der Waals surface area contributed by atoms with Crippen LogP contribution in [0.25, 0.3) is 0 Å². The molecule has 4 heteroatoms. The quantitative estimate of drug-likeness (QED) is 0.678. The molecule has 0 unspecified atom stereocenters. The number of likely N-dealkylation sites (tertiary alicyclic amines) is 1. The van der Waals surface area contributed by atoms with Crippen LogP contribution in [-0.2, 0) is 9.53 Å². The third-order valence-electron chi connectivity index (χ3n) is 3.31. The normalized spacial score (nSPS) is 18.4. The Labute approximate surface area is 110 Å². The lowest BCUT2D eigenvalue weighted by Crippen LogP contribution is -2.37. The van der Waals surface area contributed by atoms with E-state index in [0.717, 1.165) is 51.9 Å². The number of ether oxygens (including phenoxy) is 1. The summed E-state index contributed by atoms with van der Waals surface area (Å²) in [6.45, 7) is 8.44. The first-order valence-electron chi connectivity index (χ1n) is 7.13. The van der Waals surface area contributed by atoms with Crippen LogP contribution in [0.3, 0.4) is 0 Å². The lowest BCUT2D eigenvalue weighted by Gasteiger charge is -2.32. The van der Waals surface area contributed by atoms with Gasteiger partial charge in [-0.2, -0.15) is 0 Å². The van der Waals surface area contributed by atoms with Crippen LogP contribution in [0.5, 0.6) is 0 Å². The number of carboxylic acid groups (broad SMARTS) is 1. The summed E-state index contributed by atoms with van der Waals surface area (Å²) in [5.74, 6) is -0.0742. The molecule has 0 aliphatic carbocycles. The molecule has 1 N–H and O–H groups in total. The van der Waals surface area contributed by atoms with E-state index < -0.39 is 5.97 Å². The van der Waals surface area contributed by atoms with Crippen molar-refractivity contribution >= 4 is 5.97 Å². The number of hydrogen-bond acceptors (Lipinski definition) is 3. The van der Waals surface area contributed by atoms with Crippen LogP contribution < -0.4 is 0 Å². The maximum Gasteiger partial charge on any atom is 0.303 e. The number of carbonyl (C=O) groups is 1. The maximum atomic E-state index is 10.4. The number of carboxylic acids is 1. The molecule has 0 atom stereocenters. The fourth-order valence-electron chi connectivity index (χ4n) is 2.24. The Morgan fingerprint density at radius 2 is 2.00 bits per heavy atom. The van der Waals surface area contributed by atoms with Crippen LogP contribution in [-0.4, -0.2) is 48.3 Å². The summed E-state index contributed by atoms with van der Waals surface area (Å²) in [4.78, 5) is 12.8. The van der Waals surface area contributed by atoms with Gasteiger partial charge in [0.15, 0.2) is 0 Å². The molecule has 1 heterocycles. The molecular weight excluding hydrogens is 230 g/mol. The monoisotopic (exact) mass is 257 g/mol. The third kappa shape index (κ3) is 6.97. The molecule has 18 heavy (non-hydrogen) atoms. The van der Waals surface area contributed by atoms with E-state index in [4.69, 9.17) is 9.84 Å². The predicted octanol–water partition coefficient (Wildman–Crippen LogP) is 2.38. The number of piperidine rings is 1. The zero-order valence-electron chi connectivity index (χ0n) is 11.7. The van der Waals surface area contributed by atoms with Crippen molar-refractivity contribution in [3.63, 3.8) is 0 Å². The summed E-state index contributed by atoms with van der Waals surface area (Å²) in [7, 11) is 0. The highest BCUT2D eigenvalue weighted by Crippen LogP contribution is 2.15. The van der Waals surface area contributed by atoms with Gasteiger partial charge in [0, 0.05) is 26.1 Å². The highest BCUT2D eigenvalue weighted by molar-refractivity contribution is 5.66. The van der Waals surface area contributed by atoms with Gasteiger partial charge in [0.05, 0.1) is 6.10 Å². The Balaban J connectivity index is 2.03. The molecule has 0 aromatic carbocycles. The fraction of sp³-hybridized carbons (Fsp3) is 0.929. The van der Waals surface area contributed by atoms with Crippen LogP contribution in [0, 0.1) is 5.92 Å². The van der Waals surface area contributed by atoms with Crippen LogP contribution >= 0.6 is 0 Å². The second-order valence-corrected chi connectivity index (χ2v) is 5.62. The van der Waals surface area contributed by atoms with Crippen LogP contribution in [0.2, 0.25) is 0 Å². The first-order chi connectivity index (χ1) is 8.58. The second-order valence-electron chi connectivity index (χ2n) is 5.62. The minimum absolute atomic E-state index is 0.300. The van der Waals surface area contributed by atoms with Crippen LogP contribution in [0.4, 0.5) is 0 Å².